The predicted octanol–water partition coefficient (Wildman–Crippen LogP) is 24.6. The summed E-state index contributed by atoms with van der Waals surface area (Å²) >= 11 is 22.6. The molecule has 20 rings (SSSR count). The second kappa shape index (κ2) is 27.0. The predicted molar refractivity (Wildman–Crippen MR) is 425 cm³/mol. The Morgan fingerprint density at radius 2 is 0.631 bits per heavy atom. The summed E-state index contributed by atoms with van der Waals surface area (Å²) in [6.07, 6.45) is 0. The van der Waals surface area contributed by atoms with Crippen LogP contribution in [-0.2, 0) is 0 Å². The number of thiophene rings is 2. The normalized spacial score (nSPS) is 11.4. The first-order valence-corrected chi connectivity index (χ1v) is 35.9. The van der Waals surface area contributed by atoms with Crippen LogP contribution in [0.3, 0.4) is 0 Å². The van der Waals surface area contributed by atoms with Crippen LogP contribution in [0.4, 0.5) is 0 Å². The van der Waals surface area contributed by atoms with Gasteiger partial charge in [0.2, 0.25) is 15.9 Å². The summed E-state index contributed by atoms with van der Waals surface area (Å²) in [4.78, 5) is 40.9. The maximum Gasteiger partial charge on any atom is 0.226 e. The molecule has 0 saturated heterocycles. The number of fused-ring (bicyclic) bond motifs is 12. The SMILES string of the molecule is Clc1nc(-c2ccc(-c3ccccc3)cc2)nc(-c2ccc3c(c2)sc2ccccc23)n1.Clc1nc(-c2ccc(-c3ccccc3)cc2)nc(-c2cccc3c2oc2ccccc23)n1.Clc1nc(-c2ccc(-n3c4ccccc4c4ccccc43)cc2)nc(-c2cccc3c2sc2ccccc23)n1. The second-order valence-electron chi connectivity index (χ2n) is 24.4. The van der Waals surface area contributed by atoms with Gasteiger partial charge in [0.15, 0.2) is 34.9 Å². The van der Waals surface area contributed by atoms with Crippen molar-refractivity contribution in [2.45, 2.75) is 0 Å². The van der Waals surface area contributed by atoms with Crippen molar-refractivity contribution in [2.24, 2.45) is 0 Å². The summed E-state index contributed by atoms with van der Waals surface area (Å²) < 4.78 is 13.3. The van der Waals surface area contributed by atoms with Crippen LogP contribution in [-0.4, -0.2) is 49.4 Å². The number of hydrogen-bond donors (Lipinski definition) is 0. The van der Waals surface area contributed by atoms with Gasteiger partial charge in [0.05, 0.1) is 16.6 Å². The van der Waals surface area contributed by atoms with Gasteiger partial charge >= 0.3 is 0 Å². The number of benzene rings is 13. The molecule has 0 atom stereocenters. The molecule has 0 aliphatic carbocycles. The van der Waals surface area contributed by atoms with Crippen molar-refractivity contribution in [3.05, 3.63) is 325 Å². The minimum atomic E-state index is 0.144. The number of para-hydroxylation sites is 4. The van der Waals surface area contributed by atoms with E-state index in [2.05, 4.69) is 229 Å². The molecule has 7 aromatic heterocycles. The molecule has 103 heavy (non-hydrogen) atoms. The van der Waals surface area contributed by atoms with E-state index < -0.39 is 0 Å². The standard InChI is InChI=1S/C33H19ClN4S.C27H16ClN3O.C27H16ClN3S/c34-33-36-31(35-32(37-33)26-12-7-11-25-24-10-3-6-15-29(24)39-30(25)26)20-16-18-21(19-17-20)38-27-13-4-1-8-22(27)23-9-2-5-14-28(23)38;28-27-30-25(19-15-13-18(14-16-19)17-7-2-1-3-8-17)29-26(31-27)22-11-6-10-21-20-9-4-5-12-23(20)32-24(21)22;28-27-30-25(19-12-10-18(11-13-19)17-6-2-1-3-7-17)29-26(31-27)20-14-15-22-21-8-4-5-9-23(21)32-24(22)16-20/h1-19H;2*1-16H. The largest absolute Gasteiger partial charge is 0.455 e. The highest BCUT2D eigenvalue weighted by molar-refractivity contribution is 7.26. The van der Waals surface area contributed by atoms with Gasteiger partial charge in [-0.25, -0.2) is 15.0 Å². The van der Waals surface area contributed by atoms with Crippen molar-refractivity contribution in [1.29, 1.82) is 0 Å². The van der Waals surface area contributed by atoms with E-state index in [9.17, 15) is 0 Å². The number of aromatic nitrogens is 10. The molecule has 0 N–H and O–H groups in total. The van der Waals surface area contributed by atoms with Crippen molar-refractivity contribution in [3.8, 4) is 96.3 Å². The highest BCUT2D eigenvalue weighted by atomic mass is 35.5. The van der Waals surface area contributed by atoms with Gasteiger partial charge in [0.1, 0.15) is 11.2 Å². The lowest BCUT2D eigenvalue weighted by Crippen LogP contribution is -1.98. The molecular formula is C87H51Cl3N10OS2. The van der Waals surface area contributed by atoms with E-state index in [0.29, 0.717) is 34.9 Å². The summed E-state index contributed by atoms with van der Waals surface area (Å²) in [7, 11) is 0. The maximum atomic E-state index is 6.46. The minimum Gasteiger partial charge on any atom is -0.455 e. The Hall–Kier alpha value is -12.2. The molecular weight excluding hydrogens is 1370 g/mol. The fraction of sp³-hybridized carbons (Fsp3) is 0. The van der Waals surface area contributed by atoms with Gasteiger partial charge in [-0.2, -0.15) is 29.9 Å². The molecule has 0 fully saturated rings. The van der Waals surface area contributed by atoms with E-state index in [1.165, 1.54) is 63.0 Å². The molecule has 20 aromatic rings. The fourth-order valence-electron chi connectivity index (χ4n) is 13.4. The van der Waals surface area contributed by atoms with Gasteiger partial charge in [0.25, 0.3) is 0 Å². The summed E-state index contributed by atoms with van der Waals surface area (Å²) in [5.74, 6) is 3.28. The molecule has 0 spiro atoms. The lowest BCUT2D eigenvalue weighted by atomic mass is 10.0. The Kier molecular flexibility index (Phi) is 16.5. The van der Waals surface area contributed by atoms with E-state index >= 15 is 0 Å². The van der Waals surface area contributed by atoms with Gasteiger partial charge < -0.3 is 8.98 Å². The van der Waals surface area contributed by atoms with Crippen LogP contribution in [0.15, 0.2) is 314 Å². The lowest BCUT2D eigenvalue weighted by molar-refractivity contribution is 0.669. The Balaban J connectivity index is 0.000000111. The molecule has 16 heteroatoms. The Morgan fingerprint density at radius 1 is 0.252 bits per heavy atom. The van der Waals surface area contributed by atoms with Gasteiger partial charge in [-0.3, -0.25) is 0 Å². The molecule has 0 saturated carbocycles. The Labute approximate surface area is 612 Å². The molecule has 0 amide bonds. The van der Waals surface area contributed by atoms with E-state index in [0.717, 1.165) is 82.4 Å². The van der Waals surface area contributed by atoms with Crippen molar-refractivity contribution in [2.75, 3.05) is 0 Å². The first kappa shape index (κ1) is 63.0. The zero-order valence-corrected chi connectivity index (χ0v) is 58.2. The lowest BCUT2D eigenvalue weighted by Gasteiger charge is -2.09. The molecule has 0 aliphatic rings. The van der Waals surface area contributed by atoms with E-state index in [1.807, 2.05) is 115 Å². The van der Waals surface area contributed by atoms with Crippen LogP contribution in [0.1, 0.15) is 0 Å². The zero-order chi connectivity index (χ0) is 68.9. The van der Waals surface area contributed by atoms with Crippen LogP contribution in [0.2, 0.25) is 15.9 Å². The van der Waals surface area contributed by atoms with Crippen LogP contribution in [0.25, 0.3) is 180 Å². The van der Waals surface area contributed by atoms with E-state index in [-0.39, 0.29) is 15.9 Å². The third-order valence-corrected chi connectivity index (χ3v) is 21.1. The maximum absolute atomic E-state index is 6.46. The quantitative estimate of drug-likeness (QED) is 0.137. The molecule has 11 nitrogen and oxygen atoms in total. The number of halogens is 3. The molecule has 7 heterocycles. The molecule has 0 unspecified atom stereocenters. The summed E-state index contributed by atoms with van der Waals surface area (Å²) in [6.45, 7) is 0. The fourth-order valence-corrected chi connectivity index (χ4v) is 16.2. The first-order valence-electron chi connectivity index (χ1n) is 33.1. The van der Waals surface area contributed by atoms with Crippen LogP contribution < -0.4 is 0 Å². The zero-order valence-electron chi connectivity index (χ0n) is 54.3. The van der Waals surface area contributed by atoms with Gasteiger partial charge in [0, 0.05) is 95.4 Å². The number of furan rings is 1. The third-order valence-electron chi connectivity index (χ3n) is 18.2. The minimum absolute atomic E-state index is 0.144. The van der Waals surface area contributed by atoms with Gasteiger partial charge in [-0.15, -0.1) is 22.7 Å². The summed E-state index contributed by atoms with van der Waals surface area (Å²) in [5, 5.41) is 10.0. The highest BCUT2D eigenvalue weighted by Crippen LogP contribution is 2.42. The van der Waals surface area contributed by atoms with Crippen molar-refractivity contribution in [1.82, 2.24) is 49.4 Å². The molecule has 0 radical (unpaired) electrons. The van der Waals surface area contributed by atoms with E-state index in [1.54, 1.807) is 22.7 Å². The smallest absolute Gasteiger partial charge is 0.226 e. The van der Waals surface area contributed by atoms with Crippen molar-refractivity contribution >= 4 is 142 Å². The van der Waals surface area contributed by atoms with Gasteiger partial charge in [-0.1, -0.05) is 237 Å². The van der Waals surface area contributed by atoms with Gasteiger partial charge in [-0.05, 0) is 130 Å². The summed E-state index contributed by atoms with van der Waals surface area (Å²) in [6, 6.07) is 106. The molecule has 13 aromatic carbocycles. The van der Waals surface area contributed by atoms with Crippen LogP contribution >= 0.6 is 57.5 Å². The number of nitrogens with zero attached hydrogens (tertiary/aromatic N) is 10. The molecule has 488 valence electrons. The highest BCUT2D eigenvalue weighted by Gasteiger charge is 2.20. The van der Waals surface area contributed by atoms with Crippen LogP contribution in [0.5, 0.6) is 0 Å². The average Bonchev–Trinajstić information content (AvgIpc) is 1.61. The Bertz CT molecular complexity index is 6550. The topological polar surface area (TPSA) is 134 Å². The second-order valence-corrected chi connectivity index (χ2v) is 27.6. The monoisotopic (exact) mass is 1420 g/mol. The molecule has 0 aliphatic heterocycles. The number of hydrogen-bond acceptors (Lipinski definition) is 12. The first-order chi connectivity index (χ1) is 50.7. The Morgan fingerprint density at radius 3 is 1.20 bits per heavy atom. The van der Waals surface area contributed by atoms with Crippen LogP contribution in [0, 0.1) is 0 Å². The summed E-state index contributed by atoms with van der Waals surface area (Å²) in [5.41, 5.74) is 14.9. The molecule has 0 bridgehead atoms. The number of rotatable bonds is 9. The van der Waals surface area contributed by atoms with Crippen molar-refractivity contribution < 1.29 is 4.42 Å². The van der Waals surface area contributed by atoms with Crippen molar-refractivity contribution in [3.63, 3.8) is 0 Å². The third kappa shape index (κ3) is 12.2. The van der Waals surface area contributed by atoms with E-state index in [4.69, 9.17) is 54.2 Å². The average molecular weight is 1420 g/mol.